The minimum Gasteiger partial charge on any atom is -0.313 e. The molecule has 1 aromatic heterocycles. The van der Waals surface area contributed by atoms with Gasteiger partial charge in [-0.25, -0.2) is 0 Å². The molecule has 0 unspecified atom stereocenters. The Balaban J connectivity index is 1.98. The number of rotatable bonds is 7. The van der Waals surface area contributed by atoms with Gasteiger partial charge in [0.2, 0.25) is 0 Å². The van der Waals surface area contributed by atoms with Crippen molar-refractivity contribution in [2.24, 2.45) is 12.5 Å². The van der Waals surface area contributed by atoms with Gasteiger partial charge < -0.3 is 5.32 Å². The van der Waals surface area contributed by atoms with E-state index in [1.54, 1.807) is 4.80 Å². The maximum atomic E-state index is 4.30. The van der Waals surface area contributed by atoms with E-state index in [-0.39, 0.29) is 5.41 Å². The van der Waals surface area contributed by atoms with Crippen LogP contribution in [0.4, 0.5) is 0 Å². The molecular weight excluding hydrogens is 214 g/mol. The molecule has 1 fully saturated rings. The largest absolute Gasteiger partial charge is 0.313 e. The lowest BCUT2D eigenvalue weighted by atomic mass is 9.79. The summed E-state index contributed by atoms with van der Waals surface area (Å²) in [7, 11) is 1.82. The topological polar surface area (TPSA) is 55.6 Å². The molecule has 5 nitrogen and oxygen atoms in total. The van der Waals surface area contributed by atoms with E-state index in [9.17, 15) is 0 Å². The van der Waals surface area contributed by atoms with Crippen LogP contribution in [0.3, 0.4) is 0 Å². The number of aryl methyl sites for hydroxylation is 1. The van der Waals surface area contributed by atoms with Crippen LogP contribution in [0.15, 0.2) is 0 Å². The van der Waals surface area contributed by atoms with Gasteiger partial charge in [0.15, 0.2) is 5.82 Å². The van der Waals surface area contributed by atoms with Crippen molar-refractivity contribution >= 4 is 0 Å². The van der Waals surface area contributed by atoms with Crippen LogP contribution in [0.1, 0.15) is 45.4 Å². The first-order valence-electron chi connectivity index (χ1n) is 6.64. The molecular formula is C12H23N5. The van der Waals surface area contributed by atoms with E-state index in [0.717, 1.165) is 37.7 Å². The Morgan fingerprint density at radius 2 is 2.06 bits per heavy atom. The van der Waals surface area contributed by atoms with E-state index >= 15 is 0 Å². The van der Waals surface area contributed by atoms with Crippen LogP contribution >= 0.6 is 0 Å². The summed E-state index contributed by atoms with van der Waals surface area (Å²) in [5.41, 5.74) is 0.283. The lowest BCUT2D eigenvalue weighted by molar-refractivity contribution is 0.240. The van der Waals surface area contributed by atoms with E-state index < -0.39 is 0 Å². The maximum Gasteiger partial charge on any atom is 0.175 e. The van der Waals surface area contributed by atoms with Gasteiger partial charge in [-0.1, -0.05) is 13.8 Å². The molecule has 1 heterocycles. The summed E-state index contributed by atoms with van der Waals surface area (Å²) < 4.78 is 0. The molecule has 0 amide bonds. The minimum atomic E-state index is 0.283. The molecule has 0 aliphatic heterocycles. The Bertz CT molecular complexity index is 352. The Morgan fingerprint density at radius 3 is 2.53 bits per heavy atom. The number of aromatic nitrogens is 4. The van der Waals surface area contributed by atoms with Crippen LogP contribution < -0.4 is 5.32 Å². The third-order valence-electron chi connectivity index (χ3n) is 3.93. The summed E-state index contributed by atoms with van der Waals surface area (Å²) in [6.07, 6.45) is 5.91. The first kappa shape index (κ1) is 12.5. The van der Waals surface area contributed by atoms with Crippen molar-refractivity contribution in [1.82, 2.24) is 25.5 Å². The van der Waals surface area contributed by atoms with Crippen LogP contribution in [0.2, 0.25) is 0 Å². The van der Waals surface area contributed by atoms with E-state index in [1.165, 1.54) is 12.8 Å². The molecule has 5 heteroatoms. The van der Waals surface area contributed by atoms with Gasteiger partial charge in [-0.15, -0.1) is 10.2 Å². The number of hydrogen-bond acceptors (Lipinski definition) is 4. The fraction of sp³-hybridized carbons (Fsp3) is 0.917. The van der Waals surface area contributed by atoms with E-state index in [4.69, 9.17) is 0 Å². The number of tetrazole rings is 1. The lowest BCUT2D eigenvalue weighted by Gasteiger charge is -2.31. The average Bonchev–Trinajstić information content (AvgIpc) is 3.08. The summed E-state index contributed by atoms with van der Waals surface area (Å²) in [5, 5.41) is 16.0. The standard InChI is InChI=1S/C12H23N5/c1-4-12(5-2,9-13-10-6-7-10)8-11-14-16-17(3)15-11/h10,13H,4-9H2,1-3H3. The smallest absolute Gasteiger partial charge is 0.175 e. The zero-order valence-corrected chi connectivity index (χ0v) is 11.1. The molecule has 1 aliphatic rings. The summed E-state index contributed by atoms with van der Waals surface area (Å²) in [5.74, 6) is 0.869. The Morgan fingerprint density at radius 1 is 1.35 bits per heavy atom. The van der Waals surface area contributed by atoms with Crippen LogP contribution in [-0.2, 0) is 13.5 Å². The fourth-order valence-electron chi connectivity index (χ4n) is 2.19. The quantitative estimate of drug-likeness (QED) is 0.777. The van der Waals surface area contributed by atoms with Crippen LogP contribution in [0, 0.1) is 5.41 Å². The average molecular weight is 237 g/mol. The van der Waals surface area contributed by atoms with Crippen molar-refractivity contribution in [2.45, 2.75) is 52.0 Å². The highest BCUT2D eigenvalue weighted by molar-refractivity contribution is 4.93. The number of hydrogen-bond donors (Lipinski definition) is 1. The van der Waals surface area contributed by atoms with Crippen molar-refractivity contribution in [3.05, 3.63) is 5.82 Å². The molecule has 0 bridgehead atoms. The highest BCUT2D eigenvalue weighted by atomic mass is 15.6. The molecule has 2 rings (SSSR count). The zero-order chi connectivity index (χ0) is 12.3. The summed E-state index contributed by atoms with van der Waals surface area (Å²) in [6.45, 7) is 5.59. The van der Waals surface area contributed by atoms with E-state index in [0.29, 0.717) is 0 Å². The minimum absolute atomic E-state index is 0.283. The molecule has 0 spiro atoms. The summed E-state index contributed by atoms with van der Waals surface area (Å²) >= 11 is 0. The summed E-state index contributed by atoms with van der Waals surface area (Å²) in [4.78, 5) is 1.54. The monoisotopic (exact) mass is 237 g/mol. The van der Waals surface area contributed by atoms with Gasteiger partial charge in [0, 0.05) is 19.0 Å². The maximum absolute atomic E-state index is 4.30. The second-order valence-corrected chi connectivity index (χ2v) is 5.23. The van der Waals surface area contributed by atoms with Crippen LogP contribution in [-0.4, -0.2) is 32.8 Å². The van der Waals surface area contributed by atoms with Gasteiger partial charge in [-0.05, 0) is 36.3 Å². The molecule has 96 valence electrons. The van der Waals surface area contributed by atoms with Crippen molar-refractivity contribution in [3.63, 3.8) is 0 Å². The molecule has 1 N–H and O–H groups in total. The Kier molecular flexibility index (Phi) is 3.76. The van der Waals surface area contributed by atoms with Crippen molar-refractivity contribution < 1.29 is 0 Å². The molecule has 1 aromatic rings. The van der Waals surface area contributed by atoms with Gasteiger partial charge in [0.05, 0.1) is 7.05 Å². The Hall–Kier alpha value is -0.970. The Labute approximate surface area is 103 Å². The second kappa shape index (κ2) is 5.12. The molecule has 0 saturated heterocycles. The van der Waals surface area contributed by atoms with Crippen molar-refractivity contribution in [3.8, 4) is 0 Å². The van der Waals surface area contributed by atoms with E-state index in [1.807, 2.05) is 7.05 Å². The third kappa shape index (κ3) is 3.25. The third-order valence-corrected chi connectivity index (χ3v) is 3.93. The van der Waals surface area contributed by atoms with Gasteiger partial charge in [0.1, 0.15) is 0 Å². The van der Waals surface area contributed by atoms with E-state index in [2.05, 4.69) is 34.6 Å². The fourth-order valence-corrected chi connectivity index (χ4v) is 2.19. The number of nitrogens with one attached hydrogen (secondary N) is 1. The molecule has 1 saturated carbocycles. The van der Waals surface area contributed by atoms with Gasteiger partial charge in [-0.3, -0.25) is 0 Å². The molecule has 17 heavy (non-hydrogen) atoms. The van der Waals surface area contributed by atoms with Gasteiger partial charge in [-0.2, -0.15) is 4.80 Å². The van der Waals surface area contributed by atoms with Crippen LogP contribution in [0.5, 0.6) is 0 Å². The highest BCUT2D eigenvalue weighted by Crippen LogP contribution is 2.30. The SMILES string of the molecule is CCC(CC)(CNC1CC1)Cc1nnn(C)n1. The number of nitrogens with zero attached hydrogens (tertiary/aromatic N) is 4. The lowest BCUT2D eigenvalue weighted by Crippen LogP contribution is -2.36. The molecule has 0 aromatic carbocycles. The van der Waals surface area contributed by atoms with Crippen molar-refractivity contribution in [1.29, 1.82) is 0 Å². The summed E-state index contributed by atoms with van der Waals surface area (Å²) in [6, 6.07) is 0.766. The zero-order valence-electron chi connectivity index (χ0n) is 11.1. The second-order valence-electron chi connectivity index (χ2n) is 5.23. The van der Waals surface area contributed by atoms with Crippen LogP contribution in [0.25, 0.3) is 0 Å². The highest BCUT2D eigenvalue weighted by Gasteiger charge is 2.31. The molecule has 0 atom stereocenters. The van der Waals surface area contributed by atoms with Gasteiger partial charge in [0.25, 0.3) is 0 Å². The predicted octanol–water partition coefficient (Wildman–Crippen LogP) is 1.31. The van der Waals surface area contributed by atoms with Gasteiger partial charge >= 0.3 is 0 Å². The molecule has 1 aliphatic carbocycles. The normalized spacial score (nSPS) is 16.4. The first-order chi connectivity index (χ1) is 8.17. The first-order valence-corrected chi connectivity index (χ1v) is 6.64. The predicted molar refractivity (Wildman–Crippen MR) is 66.5 cm³/mol. The van der Waals surface area contributed by atoms with Crippen molar-refractivity contribution in [2.75, 3.05) is 6.54 Å². The molecule has 0 radical (unpaired) electrons.